The van der Waals surface area contributed by atoms with Crippen molar-refractivity contribution in [3.63, 3.8) is 0 Å². The van der Waals surface area contributed by atoms with Crippen molar-refractivity contribution >= 4 is 12.0 Å². The summed E-state index contributed by atoms with van der Waals surface area (Å²) in [6, 6.07) is 0.489. The summed E-state index contributed by atoms with van der Waals surface area (Å²) in [4.78, 5) is 26.7. The van der Waals surface area contributed by atoms with Crippen LogP contribution in [0.5, 0.6) is 0 Å². The number of rotatable bonds is 5. The monoisotopic (exact) mass is 299 g/mol. The number of ether oxygens (including phenoxy) is 1. The number of hydrogen-bond acceptors (Lipinski definition) is 4. The van der Waals surface area contributed by atoms with E-state index in [1.165, 1.54) is 0 Å². The highest BCUT2D eigenvalue weighted by Crippen LogP contribution is 2.26. The SMILES string of the molecule is CCN(CC(=O)O)C1CC(NC(=O)N2CCOC[C@H]2C)C1. The summed E-state index contributed by atoms with van der Waals surface area (Å²) in [5, 5.41) is 11.9. The maximum Gasteiger partial charge on any atom is 0.318 e. The Bertz CT molecular complexity index is 384. The first-order valence-corrected chi connectivity index (χ1v) is 7.62. The topological polar surface area (TPSA) is 82.1 Å². The number of hydrogen-bond donors (Lipinski definition) is 2. The molecule has 0 aromatic carbocycles. The molecule has 1 aliphatic heterocycles. The van der Waals surface area contributed by atoms with Crippen molar-refractivity contribution in [3.8, 4) is 0 Å². The molecule has 0 spiro atoms. The first-order chi connectivity index (χ1) is 10.0. The zero-order valence-electron chi connectivity index (χ0n) is 12.7. The Balaban J connectivity index is 1.74. The fourth-order valence-corrected chi connectivity index (χ4v) is 2.96. The number of carbonyl (C=O) groups excluding carboxylic acids is 1. The molecule has 2 rings (SSSR count). The smallest absolute Gasteiger partial charge is 0.318 e. The van der Waals surface area contributed by atoms with E-state index in [1.54, 1.807) is 0 Å². The van der Waals surface area contributed by atoms with Gasteiger partial charge in [-0.05, 0) is 26.3 Å². The first kappa shape index (κ1) is 16.0. The van der Waals surface area contributed by atoms with Gasteiger partial charge in [-0.3, -0.25) is 9.69 Å². The minimum atomic E-state index is -0.800. The van der Waals surface area contributed by atoms with Gasteiger partial charge in [-0.2, -0.15) is 0 Å². The lowest BCUT2D eigenvalue weighted by Gasteiger charge is -2.43. The third-order valence-electron chi connectivity index (χ3n) is 4.33. The van der Waals surface area contributed by atoms with E-state index in [2.05, 4.69) is 5.32 Å². The van der Waals surface area contributed by atoms with E-state index in [4.69, 9.17) is 9.84 Å². The average molecular weight is 299 g/mol. The van der Waals surface area contributed by atoms with Crippen molar-refractivity contribution in [3.05, 3.63) is 0 Å². The van der Waals surface area contributed by atoms with Gasteiger partial charge in [0.05, 0.1) is 25.8 Å². The number of carboxylic acid groups (broad SMARTS) is 1. The molecule has 0 radical (unpaired) electrons. The second-order valence-electron chi connectivity index (χ2n) is 5.85. The van der Waals surface area contributed by atoms with Crippen LogP contribution in [0.2, 0.25) is 0 Å². The van der Waals surface area contributed by atoms with Crippen LogP contribution in [-0.2, 0) is 9.53 Å². The fourth-order valence-electron chi connectivity index (χ4n) is 2.96. The average Bonchev–Trinajstić information content (AvgIpc) is 2.40. The maximum absolute atomic E-state index is 12.2. The van der Waals surface area contributed by atoms with E-state index < -0.39 is 5.97 Å². The van der Waals surface area contributed by atoms with E-state index in [9.17, 15) is 9.59 Å². The molecule has 0 unspecified atom stereocenters. The number of morpholine rings is 1. The Hall–Kier alpha value is -1.34. The standard InChI is InChI=1S/C14H25N3O4/c1-3-16(8-13(18)19)12-6-11(7-12)15-14(20)17-4-5-21-9-10(17)2/h10-12H,3-9H2,1-2H3,(H,15,20)(H,18,19)/t10-,11?,12?/m1/s1. The van der Waals surface area contributed by atoms with Gasteiger partial charge >= 0.3 is 12.0 Å². The van der Waals surface area contributed by atoms with E-state index in [0.29, 0.717) is 19.8 Å². The van der Waals surface area contributed by atoms with Crippen molar-refractivity contribution in [2.45, 2.75) is 44.8 Å². The van der Waals surface area contributed by atoms with E-state index in [0.717, 1.165) is 19.4 Å². The lowest BCUT2D eigenvalue weighted by atomic mass is 9.85. The van der Waals surface area contributed by atoms with E-state index in [1.807, 2.05) is 23.6 Å². The largest absolute Gasteiger partial charge is 0.480 e. The van der Waals surface area contributed by atoms with Gasteiger partial charge in [0.2, 0.25) is 0 Å². The molecule has 1 heterocycles. The number of urea groups is 1. The lowest BCUT2D eigenvalue weighted by Crippen LogP contribution is -2.59. The van der Waals surface area contributed by atoms with Gasteiger partial charge < -0.3 is 20.1 Å². The lowest BCUT2D eigenvalue weighted by molar-refractivity contribution is -0.139. The predicted octanol–water partition coefficient (Wildman–Crippen LogP) is 0.354. The van der Waals surface area contributed by atoms with Gasteiger partial charge in [0.25, 0.3) is 0 Å². The molecule has 2 fully saturated rings. The predicted molar refractivity (Wildman–Crippen MR) is 77.2 cm³/mol. The van der Waals surface area contributed by atoms with E-state index in [-0.39, 0.29) is 30.7 Å². The molecule has 0 aromatic rings. The third kappa shape index (κ3) is 4.07. The van der Waals surface area contributed by atoms with Gasteiger partial charge in [-0.1, -0.05) is 6.92 Å². The second kappa shape index (κ2) is 7.09. The normalized spacial score (nSPS) is 29.1. The van der Waals surface area contributed by atoms with Crippen LogP contribution in [0.15, 0.2) is 0 Å². The van der Waals surface area contributed by atoms with Gasteiger partial charge in [0.15, 0.2) is 0 Å². The number of aliphatic carboxylic acids is 1. The molecule has 2 amide bonds. The number of carboxylic acids is 1. The Kier molecular flexibility index (Phi) is 5.41. The molecule has 1 saturated carbocycles. The molecule has 2 N–H and O–H groups in total. The highest BCUT2D eigenvalue weighted by Gasteiger charge is 2.36. The Morgan fingerprint density at radius 1 is 1.43 bits per heavy atom. The zero-order valence-corrected chi connectivity index (χ0v) is 12.7. The summed E-state index contributed by atoms with van der Waals surface area (Å²) in [5.41, 5.74) is 0. The van der Waals surface area contributed by atoms with Crippen molar-refractivity contribution < 1.29 is 19.4 Å². The quantitative estimate of drug-likeness (QED) is 0.766. The summed E-state index contributed by atoms with van der Waals surface area (Å²) < 4.78 is 5.32. The zero-order chi connectivity index (χ0) is 15.4. The Morgan fingerprint density at radius 2 is 2.14 bits per heavy atom. The van der Waals surface area contributed by atoms with Crippen LogP contribution < -0.4 is 5.32 Å². The van der Waals surface area contributed by atoms with Crippen molar-refractivity contribution in [1.82, 2.24) is 15.1 Å². The van der Waals surface area contributed by atoms with Crippen molar-refractivity contribution in [2.75, 3.05) is 32.8 Å². The number of nitrogens with zero attached hydrogens (tertiary/aromatic N) is 2. The van der Waals surface area contributed by atoms with Crippen LogP contribution in [-0.4, -0.2) is 77.9 Å². The number of nitrogens with one attached hydrogen (secondary N) is 1. The number of carbonyl (C=O) groups is 2. The molecular weight excluding hydrogens is 274 g/mol. The molecule has 21 heavy (non-hydrogen) atoms. The summed E-state index contributed by atoms with van der Waals surface area (Å²) in [5.74, 6) is -0.800. The van der Waals surface area contributed by atoms with Crippen LogP contribution in [0.1, 0.15) is 26.7 Å². The fraction of sp³-hybridized carbons (Fsp3) is 0.857. The third-order valence-corrected chi connectivity index (χ3v) is 4.33. The van der Waals surface area contributed by atoms with Crippen LogP contribution in [0, 0.1) is 0 Å². The molecule has 1 aliphatic carbocycles. The second-order valence-corrected chi connectivity index (χ2v) is 5.85. The first-order valence-electron chi connectivity index (χ1n) is 7.62. The van der Waals surface area contributed by atoms with Crippen LogP contribution in [0.25, 0.3) is 0 Å². The maximum atomic E-state index is 12.2. The van der Waals surface area contributed by atoms with Crippen LogP contribution in [0.4, 0.5) is 4.79 Å². The number of amides is 2. The summed E-state index contributed by atoms with van der Waals surface area (Å²) in [6.45, 7) is 6.54. The highest BCUT2D eigenvalue weighted by molar-refractivity contribution is 5.75. The molecule has 120 valence electrons. The molecule has 2 aliphatic rings. The van der Waals surface area contributed by atoms with Crippen LogP contribution >= 0.6 is 0 Å². The summed E-state index contributed by atoms with van der Waals surface area (Å²) in [6.07, 6.45) is 1.65. The minimum Gasteiger partial charge on any atom is -0.480 e. The molecular formula is C14H25N3O4. The molecule has 0 aromatic heterocycles. The molecule has 1 saturated heterocycles. The van der Waals surface area contributed by atoms with Gasteiger partial charge in [-0.15, -0.1) is 0 Å². The molecule has 0 bridgehead atoms. The van der Waals surface area contributed by atoms with Gasteiger partial charge in [-0.25, -0.2) is 4.79 Å². The van der Waals surface area contributed by atoms with Gasteiger partial charge in [0, 0.05) is 18.6 Å². The van der Waals surface area contributed by atoms with Crippen molar-refractivity contribution in [1.29, 1.82) is 0 Å². The number of likely N-dealkylation sites (N-methyl/N-ethyl adjacent to an activating group) is 1. The van der Waals surface area contributed by atoms with E-state index >= 15 is 0 Å². The summed E-state index contributed by atoms with van der Waals surface area (Å²) >= 11 is 0. The Morgan fingerprint density at radius 3 is 2.71 bits per heavy atom. The highest BCUT2D eigenvalue weighted by atomic mass is 16.5. The summed E-state index contributed by atoms with van der Waals surface area (Å²) in [7, 11) is 0. The molecule has 7 nitrogen and oxygen atoms in total. The molecule has 7 heteroatoms. The van der Waals surface area contributed by atoms with Crippen LogP contribution in [0.3, 0.4) is 0 Å². The van der Waals surface area contributed by atoms with Crippen molar-refractivity contribution in [2.24, 2.45) is 0 Å². The van der Waals surface area contributed by atoms with Gasteiger partial charge in [0.1, 0.15) is 0 Å². The Labute approximate surface area is 125 Å². The minimum absolute atomic E-state index is 0.0319. The molecule has 1 atom stereocenters.